The van der Waals surface area contributed by atoms with Crippen LogP contribution in [0.1, 0.15) is 44.9 Å². The van der Waals surface area contributed by atoms with Crippen LogP contribution in [0.25, 0.3) is 5.53 Å². The second-order valence-corrected chi connectivity index (χ2v) is 4.12. The van der Waals surface area contributed by atoms with Gasteiger partial charge in [0.15, 0.2) is 0 Å². The van der Waals surface area contributed by atoms with E-state index in [2.05, 4.69) is 11.2 Å². The van der Waals surface area contributed by atoms with Gasteiger partial charge in [-0.1, -0.05) is 6.42 Å². The second kappa shape index (κ2) is 3.02. The van der Waals surface area contributed by atoms with Crippen LogP contribution < -0.4 is 0 Å². The first-order valence-electron chi connectivity index (χ1n) is 4.89. The zero-order chi connectivity index (χ0) is 8.44. The van der Waals surface area contributed by atoms with Crippen LogP contribution in [0.2, 0.25) is 0 Å². The standard InChI is InChI=1S/C10H15N2/c11-12-9-3-7-10(8-4-9)5-1-2-6-10/h5H,1-4,6-8H2. The van der Waals surface area contributed by atoms with Crippen molar-refractivity contribution in [3.63, 3.8) is 0 Å². The van der Waals surface area contributed by atoms with Crippen molar-refractivity contribution >= 4 is 5.71 Å². The van der Waals surface area contributed by atoms with Gasteiger partial charge in [-0.3, -0.25) is 0 Å². The first-order chi connectivity index (χ1) is 5.85. The van der Waals surface area contributed by atoms with E-state index in [4.69, 9.17) is 5.53 Å². The maximum atomic E-state index is 8.60. The fourth-order valence-corrected chi connectivity index (χ4v) is 2.56. The predicted octanol–water partition coefficient (Wildman–Crippen LogP) is 2.61. The van der Waals surface area contributed by atoms with Gasteiger partial charge in [0.1, 0.15) is 0 Å². The van der Waals surface area contributed by atoms with E-state index in [-0.39, 0.29) is 0 Å². The Morgan fingerprint density at radius 1 is 1.25 bits per heavy atom. The molecule has 2 aliphatic rings. The Morgan fingerprint density at radius 2 is 2.00 bits per heavy atom. The van der Waals surface area contributed by atoms with Crippen LogP contribution in [0.3, 0.4) is 0 Å². The minimum absolute atomic E-state index is 0.536. The van der Waals surface area contributed by atoms with Crippen LogP contribution in [0.4, 0.5) is 0 Å². The zero-order valence-corrected chi connectivity index (χ0v) is 7.42. The molecule has 2 aliphatic carbocycles. The van der Waals surface area contributed by atoms with E-state index < -0.39 is 0 Å². The summed E-state index contributed by atoms with van der Waals surface area (Å²) >= 11 is 0. The van der Waals surface area contributed by atoms with Crippen molar-refractivity contribution in [3.05, 3.63) is 12.0 Å². The summed E-state index contributed by atoms with van der Waals surface area (Å²) in [5.41, 5.74) is 10.1. The monoisotopic (exact) mass is 163 g/mol. The van der Waals surface area contributed by atoms with Gasteiger partial charge in [0.25, 0.3) is 5.71 Å². The molecule has 0 amide bonds. The van der Waals surface area contributed by atoms with E-state index in [0.717, 1.165) is 18.6 Å². The minimum Gasteiger partial charge on any atom is -0.362 e. The molecule has 2 heteroatoms. The van der Waals surface area contributed by atoms with Crippen LogP contribution in [0.5, 0.6) is 0 Å². The van der Waals surface area contributed by atoms with Gasteiger partial charge >= 0.3 is 0 Å². The van der Waals surface area contributed by atoms with E-state index in [1.165, 1.54) is 32.1 Å². The summed E-state index contributed by atoms with van der Waals surface area (Å²) < 4.78 is 0. The molecule has 0 bridgehead atoms. The molecule has 1 radical (unpaired) electrons. The summed E-state index contributed by atoms with van der Waals surface area (Å²) in [6, 6.07) is 0. The van der Waals surface area contributed by atoms with Crippen molar-refractivity contribution < 1.29 is 4.79 Å². The fraction of sp³-hybridized carbons (Fsp3) is 0.800. The van der Waals surface area contributed by atoms with Crippen molar-refractivity contribution in [2.24, 2.45) is 5.41 Å². The van der Waals surface area contributed by atoms with E-state index in [0.29, 0.717) is 5.41 Å². The van der Waals surface area contributed by atoms with Gasteiger partial charge in [0, 0.05) is 12.8 Å². The summed E-state index contributed by atoms with van der Waals surface area (Å²) in [6.07, 6.45) is 11.0. The molecule has 0 aromatic carbocycles. The number of hydrogen-bond donors (Lipinski definition) is 0. The molecule has 0 aromatic rings. The summed E-state index contributed by atoms with van der Waals surface area (Å²) in [4.78, 5) is 3.30. The lowest BCUT2D eigenvalue weighted by Crippen LogP contribution is -2.25. The van der Waals surface area contributed by atoms with Crippen molar-refractivity contribution in [2.45, 2.75) is 44.9 Å². The van der Waals surface area contributed by atoms with Gasteiger partial charge in [0.2, 0.25) is 0 Å². The lowest BCUT2D eigenvalue weighted by molar-refractivity contribution is -0.0161. The first kappa shape index (κ1) is 8.00. The summed E-state index contributed by atoms with van der Waals surface area (Å²) in [5, 5.41) is 0. The highest BCUT2D eigenvalue weighted by atomic mass is 14.9. The predicted molar refractivity (Wildman–Crippen MR) is 47.7 cm³/mol. The second-order valence-electron chi connectivity index (χ2n) is 4.12. The topological polar surface area (TPSA) is 36.4 Å². The highest BCUT2D eigenvalue weighted by Crippen LogP contribution is 2.47. The summed E-state index contributed by atoms with van der Waals surface area (Å²) in [6.45, 7) is 0. The molecular weight excluding hydrogens is 148 g/mol. The molecule has 2 fully saturated rings. The van der Waals surface area contributed by atoms with Crippen molar-refractivity contribution in [3.8, 4) is 0 Å². The maximum Gasteiger partial charge on any atom is 0.268 e. The number of hydrogen-bond acceptors (Lipinski definition) is 0. The normalized spacial score (nSPS) is 27.5. The molecule has 2 rings (SSSR count). The average Bonchev–Trinajstić information content (AvgIpc) is 2.55. The minimum atomic E-state index is 0.536. The van der Waals surface area contributed by atoms with E-state index in [1.807, 2.05) is 0 Å². The highest BCUT2D eigenvalue weighted by molar-refractivity contribution is 5.79. The van der Waals surface area contributed by atoms with Crippen LogP contribution >= 0.6 is 0 Å². The molecule has 1 spiro atoms. The average molecular weight is 163 g/mol. The van der Waals surface area contributed by atoms with Crippen LogP contribution in [0, 0.1) is 11.8 Å². The lowest BCUT2D eigenvalue weighted by atomic mass is 9.72. The fourth-order valence-electron chi connectivity index (χ4n) is 2.56. The molecule has 2 nitrogen and oxygen atoms in total. The maximum absolute atomic E-state index is 8.60. The van der Waals surface area contributed by atoms with Crippen LogP contribution in [-0.2, 0) is 0 Å². The highest BCUT2D eigenvalue weighted by Gasteiger charge is 2.38. The van der Waals surface area contributed by atoms with E-state index in [9.17, 15) is 0 Å². The van der Waals surface area contributed by atoms with Gasteiger partial charge in [-0.25, -0.2) is 0 Å². The molecule has 65 valence electrons. The molecule has 0 N–H and O–H groups in total. The third-order valence-corrected chi connectivity index (χ3v) is 3.42. The van der Waals surface area contributed by atoms with Crippen LogP contribution in [0.15, 0.2) is 0 Å². The Balaban J connectivity index is 2.01. The van der Waals surface area contributed by atoms with Crippen LogP contribution in [-0.4, -0.2) is 10.5 Å². The summed E-state index contributed by atoms with van der Waals surface area (Å²) in [7, 11) is 0. The molecule has 0 atom stereocenters. The molecule has 0 aliphatic heterocycles. The number of nitrogens with zero attached hydrogens (tertiary/aromatic N) is 2. The smallest absolute Gasteiger partial charge is 0.268 e. The lowest BCUT2D eigenvalue weighted by Gasteiger charge is -2.30. The molecule has 12 heavy (non-hydrogen) atoms. The molecule has 0 aromatic heterocycles. The Morgan fingerprint density at radius 3 is 2.50 bits per heavy atom. The largest absolute Gasteiger partial charge is 0.362 e. The zero-order valence-electron chi connectivity index (χ0n) is 7.42. The SMILES string of the molecule is [N-]=[N+]=C1CCC2([CH]CCC2)CC1. The molecule has 0 saturated heterocycles. The molecular formula is C10H15N2. The molecule has 2 saturated carbocycles. The summed E-state index contributed by atoms with van der Waals surface area (Å²) in [5.74, 6) is 0. The van der Waals surface area contributed by atoms with Gasteiger partial charge < -0.3 is 5.53 Å². The Hall–Kier alpha value is -0.620. The van der Waals surface area contributed by atoms with Crippen molar-refractivity contribution in [1.29, 1.82) is 0 Å². The van der Waals surface area contributed by atoms with Gasteiger partial charge in [0.05, 0.1) is 0 Å². The van der Waals surface area contributed by atoms with Gasteiger partial charge in [-0.15, -0.1) is 0 Å². The Bertz CT molecular complexity index is 208. The molecule has 0 heterocycles. The third-order valence-electron chi connectivity index (χ3n) is 3.42. The third kappa shape index (κ3) is 1.32. The Labute approximate surface area is 73.6 Å². The number of rotatable bonds is 0. The van der Waals surface area contributed by atoms with E-state index >= 15 is 0 Å². The van der Waals surface area contributed by atoms with Gasteiger partial charge in [-0.2, -0.15) is 4.79 Å². The van der Waals surface area contributed by atoms with Gasteiger partial charge in [-0.05, 0) is 37.5 Å². The van der Waals surface area contributed by atoms with Crippen molar-refractivity contribution in [2.75, 3.05) is 0 Å². The van der Waals surface area contributed by atoms with Crippen molar-refractivity contribution in [1.82, 2.24) is 0 Å². The Kier molecular flexibility index (Phi) is 2.02. The first-order valence-corrected chi connectivity index (χ1v) is 4.89. The van der Waals surface area contributed by atoms with E-state index in [1.54, 1.807) is 0 Å². The quantitative estimate of drug-likeness (QED) is 0.389. The molecule has 0 unspecified atom stereocenters.